The molecule has 1 aliphatic heterocycles. The monoisotopic (exact) mass is 320 g/mol. The van der Waals surface area contributed by atoms with E-state index in [4.69, 9.17) is 4.74 Å². The predicted molar refractivity (Wildman–Crippen MR) is 91.7 cm³/mol. The number of carbonyl (C=O) groups is 1. The van der Waals surface area contributed by atoms with Gasteiger partial charge in [-0.3, -0.25) is 14.7 Å². The molecular formula is C17H28N4O2. The molecule has 23 heavy (non-hydrogen) atoms. The Morgan fingerprint density at radius 3 is 2.78 bits per heavy atom. The van der Waals surface area contributed by atoms with Crippen LogP contribution in [0.15, 0.2) is 18.5 Å². The average molecular weight is 320 g/mol. The molecule has 128 valence electrons. The van der Waals surface area contributed by atoms with Gasteiger partial charge in [0.1, 0.15) is 0 Å². The van der Waals surface area contributed by atoms with Crippen molar-refractivity contribution in [1.29, 1.82) is 0 Å². The number of carbonyl (C=O) groups excluding carboxylic acids is 1. The normalized spacial score (nSPS) is 17.1. The lowest BCUT2D eigenvalue weighted by atomic mass is 10.1. The van der Waals surface area contributed by atoms with E-state index in [1.54, 1.807) is 7.11 Å². The van der Waals surface area contributed by atoms with Gasteiger partial charge in [0, 0.05) is 64.5 Å². The van der Waals surface area contributed by atoms with Gasteiger partial charge in [-0.2, -0.15) is 0 Å². The Labute approximate surface area is 138 Å². The van der Waals surface area contributed by atoms with Crippen LogP contribution < -0.4 is 10.2 Å². The number of nitrogens with zero attached hydrogens (tertiary/aromatic N) is 3. The van der Waals surface area contributed by atoms with Gasteiger partial charge >= 0.3 is 0 Å². The van der Waals surface area contributed by atoms with Gasteiger partial charge in [0.2, 0.25) is 5.91 Å². The molecule has 2 rings (SSSR count). The summed E-state index contributed by atoms with van der Waals surface area (Å²) < 4.78 is 4.99. The Bertz CT molecular complexity index is 501. The maximum atomic E-state index is 12.2. The summed E-state index contributed by atoms with van der Waals surface area (Å²) in [7, 11) is 1.68. The zero-order valence-electron chi connectivity index (χ0n) is 14.4. The number of ether oxygens (including phenoxy) is 1. The highest BCUT2D eigenvalue weighted by atomic mass is 16.5. The number of aromatic nitrogens is 1. The lowest BCUT2D eigenvalue weighted by Gasteiger charge is -2.39. The summed E-state index contributed by atoms with van der Waals surface area (Å²) in [5, 5.41) is 2.98. The van der Waals surface area contributed by atoms with Crippen LogP contribution in [0, 0.1) is 6.92 Å². The average Bonchev–Trinajstić information content (AvgIpc) is 2.58. The van der Waals surface area contributed by atoms with Gasteiger partial charge in [0.15, 0.2) is 0 Å². The minimum Gasteiger partial charge on any atom is -0.385 e. The highest BCUT2D eigenvalue weighted by Gasteiger charge is 2.25. The standard InChI is InChI=1S/C17H28N4O2/c1-14-13-18-7-5-16(14)21-10-8-20(9-11-21)15(2)17(22)19-6-4-12-23-3/h5,7,13,15H,4,6,8-12H2,1-3H3,(H,19,22)/t15-/m0/s1. The van der Waals surface area contributed by atoms with E-state index in [1.807, 2.05) is 19.3 Å². The van der Waals surface area contributed by atoms with E-state index in [-0.39, 0.29) is 11.9 Å². The van der Waals surface area contributed by atoms with Crippen molar-refractivity contribution >= 4 is 11.6 Å². The minimum absolute atomic E-state index is 0.0850. The first-order valence-corrected chi connectivity index (χ1v) is 8.29. The van der Waals surface area contributed by atoms with E-state index in [9.17, 15) is 4.79 Å². The number of piperazine rings is 1. The number of anilines is 1. The van der Waals surface area contributed by atoms with Gasteiger partial charge < -0.3 is 15.0 Å². The minimum atomic E-state index is -0.0850. The van der Waals surface area contributed by atoms with Crippen LogP contribution in [0.4, 0.5) is 5.69 Å². The molecule has 0 aliphatic carbocycles. The highest BCUT2D eigenvalue weighted by Crippen LogP contribution is 2.20. The molecule has 0 saturated carbocycles. The fourth-order valence-electron chi connectivity index (χ4n) is 2.91. The molecule has 6 heteroatoms. The summed E-state index contributed by atoms with van der Waals surface area (Å²) in [5.41, 5.74) is 2.45. The van der Waals surface area contributed by atoms with E-state index in [0.29, 0.717) is 13.2 Å². The van der Waals surface area contributed by atoms with Crippen LogP contribution in [0.2, 0.25) is 0 Å². The van der Waals surface area contributed by atoms with Crippen molar-refractivity contribution in [2.45, 2.75) is 26.3 Å². The molecule has 0 unspecified atom stereocenters. The number of pyridine rings is 1. The maximum absolute atomic E-state index is 12.2. The molecule has 0 aromatic carbocycles. The molecule has 1 atom stereocenters. The number of aryl methyl sites for hydroxylation is 1. The topological polar surface area (TPSA) is 57.7 Å². The molecule has 1 N–H and O–H groups in total. The van der Waals surface area contributed by atoms with Crippen LogP contribution in [0.5, 0.6) is 0 Å². The number of hydrogen-bond donors (Lipinski definition) is 1. The summed E-state index contributed by atoms with van der Waals surface area (Å²) in [6.07, 6.45) is 4.59. The number of nitrogens with one attached hydrogen (secondary N) is 1. The third kappa shape index (κ3) is 4.91. The second-order valence-electron chi connectivity index (χ2n) is 6.00. The first-order valence-electron chi connectivity index (χ1n) is 8.29. The fourth-order valence-corrected chi connectivity index (χ4v) is 2.91. The fraction of sp³-hybridized carbons (Fsp3) is 0.647. The largest absolute Gasteiger partial charge is 0.385 e. The van der Waals surface area contributed by atoms with Crippen LogP contribution in [-0.4, -0.2) is 68.3 Å². The zero-order chi connectivity index (χ0) is 16.7. The lowest BCUT2D eigenvalue weighted by molar-refractivity contribution is -0.126. The molecule has 0 radical (unpaired) electrons. The molecule has 0 bridgehead atoms. The van der Waals surface area contributed by atoms with Gasteiger partial charge in [0.05, 0.1) is 6.04 Å². The predicted octanol–water partition coefficient (Wildman–Crippen LogP) is 1.05. The zero-order valence-corrected chi connectivity index (χ0v) is 14.4. The summed E-state index contributed by atoms with van der Waals surface area (Å²) in [6.45, 7) is 9.09. The van der Waals surface area contributed by atoms with Gasteiger partial charge in [-0.1, -0.05) is 0 Å². The Hall–Kier alpha value is -1.66. The van der Waals surface area contributed by atoms with Crippen molar-refractivity contribution in [3.63, 3.8) is 0 Å². The Balaban J connectivity index is 1.79. The van der Waals surface area contributed by atoms with Gasteiger partial charge in [0.25, 0.3) is 0 Å². The van der Waals surface area contributed by atoms with Crippen LogP contribution in [0.3, 0.4) is 0 Å². The van der Waals surface area contributed by atoms with Gasteiger partial charge in [-0.05, 0) is 31.9 Å². The first-order chi connectivity index (χ1) is 11.1. The second kappa shape index (κ2) is 8.84. The van der Waals surface area contributed by atoms with Crippen molar-refractivity contribution in [3.05, 3.63) is 24.0 Å². The summed E-state index contributed by atoms with van der Waals surface area (Å²) >= 11 is 0. The van der Waals surface area contributed by atoms with Crippen molar-refractivity contribution < 1.29 is 9.53 Å². The molecular weight excluding hydrogens is 292 g/mol. The van der Waals surface area contributed by atoms with Crippen LogP contribution >= 0.6 is 0 Å². The van der Waals surface area contributed by atoms with Gasteiger partial charge in [-0.25, -0.2) is 0 Å². The third-order valence-electron chi connectivity index (χ3n) is 4.40. The van der Waals surface area contributed by atoms with E-state index in [1.165, 1.54) is 11.3 Å². The van der Waals surface area contributed by atoms with Crippen molar-refractivity contribution in [2.75, 3.05) is 51.3 Å². The maximum Gasteiger partial charge on any atom is 0.237 e. The molecule has 6 nitrogen and oxygen atoms in total. The van der Waals surface area contributed by atoms with E-state index < -0.39 is 0 Å². The van der Waals surface area contributed by atoms with E-state index in [0.717, 1.165) is 32.6 Å². The SMILES string of the molecule is COCCCNC(=O)[C@H](C)N1CCN(c2ccncc2C)CC1. The summed E-state index contributed by atoms with van der Waals surface area (Å²) in [4.78, 5) is 21.0. The van der Waals surface area contributed by atoms with Crippen LogP contribution in [0.1, 0.15) is 18.9 Å². The Morgan fingerprint density at radius 2 is 2.13 bits per heavy atom. The molecule has 1 amide bonds. The molecule has 1 saturated heterocycles. The van der Waals surface area contributed by atoms with Crippen molar-refractivity contribution in [2.24, 2.45) is 0 Å². The second-order valence-corrected chi connectivity index (χ2v) is 6.00. The molecule has 0 spiro atoms. The number of methoxy groups -OCH3 is 1. The molecule has 2 heterocycles. The smallest absolute Gasteiger partial charge is 0.237 e. The van der Waals surface area contributed by atoms with Crippen molar-refractivity contribution in [1.82, 2.24) is 15.2 Å². The highest BCUT2D eigenvalue weighted by molar-refractivity contribution is 5.81. The Morgan fingerprint density at radius 1 is 1.39 bits per heavy atom. The summed E-state index contributed by atoms with van der Waals surface area (Å²) in [6, 6.07) is 1.98. The molecule has 1 aromatic rings. The van der Waals surface area contributed by atoms with Crippen LogP contribution in [0.25, 0.3) is 0 Å². The molecule has 1 aliphatic rings. The first kappa shape index (κ1) is 17.7. The number of hydrogen-bond acceptors (Lipinski definition) is 5. The lowest BCUT2D eigenvalue weighted by Crippen LogP contribution is -2.54. The van der Waals surface area contributed by atoms with E-state index in [2.05, 4.69) is 33.1 Å². The number of amides is 1. The third-order valence-corrected chi connectivity index (χ3v) is 4.40. The molecule has 1 aromatic heterocycles. The van der Waals surface area contributed by atoms with E-state index >= 15 is 0 Å². The summed E-state index contributed by atoms with van der Waals surface area (Å²) in [5.74, 6) is 0.106. The quantitative estimate of drug-likeness (QED) is 0.761. The van der Waals surface area contributed by atoms with Crippen LogP contribution in [-0.2, 0) is 9.53 Å². The molecule has 1 fully saturated rings. The van der Waals surface area contributed by atoms with Crippen molar-refractivity contribution in [3.8, 4) is 0 Å². The van der Waals surface area contributed by atoms with Gasteiger partial charge in [-0.15, -0.1) is 0 Å². The number of rotatable bonds is 7. The Kier molecular flexibility index (Phi) is 6.80.